The van der Waals surface area contributed by atoms with Gasteiger partial charge in [0.25, 0.3) is 0 Å². The predicted molar refractivity (Wildman–Crippen MR) is 131 cm³/mol. The second kappa shape index (κ2) is 9.37. The van der Waals surface area contributed by atoms with Gasteiger partial charge in [0.05, 0.1) is 11.2 Å². The summed E-state index contributed by atoms with van der Waals surface area (Å²) in [5.74, 6) is -0.128. The lowest BCUT2D eigenvalue weighted by atomic mass is 10.1. The quantitative estimate of drug-likeness (QED) is 0.220. The van der Waals surface area contributed by atoms with E-state index in [0.29, 0.717) is 21.9 Å². The number of carbonyl (C=O) groups is 1. The molecule has 0 saturated heterocycles. The number of hydrogen-bond acceptors (Lipinski definition) is 4. The van der Waals surface area contributed by atoms with Crippen LogP contribution in [0.2, 0.25) is 5.02 Å². The third kappa shape index (κ3) is 4.49. The van der Waals surface area contributed by atoms with E-state index in [4.69, 9.17) is 20.8 Å². The van der Waals surface area contributed by atoms with Crippen LogP contribution in [0.15, 0.2) is 94.4 Å². The van der Waals surface area contributed by atoms with E-state index in [1.54, 1.807) is 42.5 Å². The number of nitrogens with one attached hydrogen (secondary N) is 1. The number of nitrogens with zero attached hydrogens (tertiary/aromatic N) is 1. The molecule has 0 unspecified atom stereocenters. The first-order valence-corrected chi connectivity index (χ1v) is 10.9. The molecule has 168 valence electrons. The summed E-state index contributed by atoms with van der Waals surface area (Å²) >= 11 is 6.02. The van der Waals surface area contributed by atoms with E-state index in [0.717, 1.165) is 21.7 Å². The molecule has 0 saturated carbocycles. The van der Waals surface area contributed by atoms with Crippen molar-refractivity contribution in [3.05, 3.63) is 113 Å². The van der Waals surface area contributed by atoms with Gasteiger partial charge in [0.1, 0.15) is 23.8 Å². The highest BCUT2D eigenvalue weighted by molar-refractivity contribution is 6.31. The number of halogens is 2. The molecule has 7 heteroatoms. The first kappa shape index (κ1) is 21.7. The first-order valence-electron chi connectivity index (χ1n) is 10.5. The van der Waals surface area contributed by atoms with Gasteiger partial charge in [-0.15, -0.1) is 0 Å². The maximum absolute atomic E-state index is 13.9. The monoisotopic (exact) mass is 472 g/mol. The molecule has 0 fully saturated rings. The van der Waals surface area contributed by atoms with Crippen LogP contribution in [0.25, 0.3) is 21.7 Å². The van der Waals surface area contributed by atoms with E-state index < -0.39 is 11.7 Å². The summed E-state index contributed by atoms with van der Waals surface area (Å²) < 4.78 is 25.2. The number of benzene rings is 4. The Balaban J connectivity index is 1.22. The summed E-state index contributed by atoms with van der Waals surface area (Å²) in [7, 11) is 0. The lowest BCUT2D eigenvalue weighted by Crippen LogP contribution is -2.16. The fourth-order valence-corrected chi connectivity index (χ4v) is 3.82. The molecule has 1 amide bonds. The molecule has 0 aliphatic rings. The Labute approximate surface area is 199 Å². The maximum atomic E-state index is 13.9. The van der Waals surface area contributed by atoms with Crippen LogP contribution in [0.3, 0.4) is 0 Å². The third-order valence-electron chi connectivity index (χ3n) is 5.35. The highest BCUT2D eigenvalue weighted by atomic mass is 35.5. The van der Waals surface area contributed by atoms with Crippen LogP contribution in [0, 0.1) is 5.82 Å². The Morgan fingerprint density at radius 2 is 1.82 bits per heavy atom. The third-order valence-corrected chi connectivity index (χ3v) is 5.71. The highest BCUT2D eigenvalue weighted by Gasteiger charge is 2.13. The number of rotatable bonds is 6. The summed E-state index contributed by atoms with van der Waals surface area (Å²) in [4.78, 5) is 12.5. The molecular weight excluding hydrogens is 455 g/mol. The van der Waals surface area contributed by atoms with Crippen molar-refractivity contribution in [2.45, 2.75) is 6.61 Å². The topological polar surface area (TPSA) is 63.8 Å². The van der Waals surface area contributed by atoms with Gasteiger partial charge in [-0.05, 0) is 64.9 Å². The van der Waals surface area contributed by atoms with Crippen molar-refractivity contribution in [1.29, 1.82) is 0 Å². The second-order valence-corrected chi connectivity index (χ2v) is 7.97. The van der Waals surface area contributed by atoms with Crippen molar-refractivity contribution in [2.24, 2.45) is 5.10 Å². The smallest absolute Gasteiger partial charge is 0.307 e. The number of ether oxygens (including phenoxy) is 1. The molecule has 0 radical (unpaired) electrons. The SMILES string of the molecule is O=C(N/N=C/c1ccc(OCc2c(F)cccc2Cl)cc1)c1cc2c(ccc3ccccc32)o1. The summed E-state index contributed by atoms with van der Waals surface area (Å²) in [6, 6.07) is 24.9. The van der Waals surface area contributed by atoms with Gasteiger partial charge in [0.2, 0.25) is 0 Å². The summed E-state index contributed by atoms with van der Waals surface area (Å²) in [6.07, 6.45) is 1.51. The average molecular weight is 473 g/mol. The predicted octanol–water partition coefficient (Wildman–Crippen LogP) is 6.72. The molecular formula is C27H18ClFN2O3. The van der Waals surface area contributed by atoms with Crippen molar-refractivity contribution in [3.63, 3.8) is 0 Å². The molecule has 4 aromatic carbocycles. The molecule has 1 heterocycles. The second-order valence-electron chi connectivity index (χ2n) is 7.57. The molecule has 5 nitrogen and oxygen atoms in total. The Kier molecular flexibility index (Phi) is 5.97. The fraction of sp³-hybridized carbons (Fsp3) is 0.0370. The van der Waals surface area contributed by atoms with Gasteiger partial charge in [-0.25, -0.2) is 9.82 Å². The van der Waals surface area contributed by atoms with Crippen molar-refractivity contribution >= 4 is 45.5 Å². The number of amides is 1. The molecule has 0 aliphatic carbocycles. The van der Waals surface area contributed by atoms with E-state index in [2.05, 4.69) is 10.5 Å². The normalized spacial score (nSPS) is 11.4. The number of carbonyl (C=O) groups excluding carboxylic acids is 1. The zero-order valence-electron chi connectivity index (χ0n) is 17.8. The number of hydrazone groups is 1. The Morgan fingerprint density at radius 3 is 2.65 bits per heavy atom. The van der Waals surface area contributed by atoms with E-state index in [1.807, 2.05) is 36.4 Å². The van der Waals surface area contributed by atoms with Gasteiger partial charge in [0, 0.05) is 10.9 Å². The minimum Gasteiger partial charge on any atom is -0.489 e. The minimum atomic E-state index is -0.446. The number of fused-ring (bicyclic) bond motifs is 3. The fourth-order valence-electron chi connectivity index (χ4n) is 3.60. The van der Waals surface area contributed by atoms with Crippen LogP contribution >= 0.6 is 11.6 Å². The van der Waals surface area contributed by atoms with Crippen LogP contribution in [0.5, 0.6) is 5.75 Å². The Bertz CT molecular complexity index is 1510. The van der Waals surface area contributed by atoms with E-state index in [1.165, 1.54) is 12.3 Å². The molecule has 0 atom stereocenters. The molecule has 34 heavy (non-hydrogen) atoms. The van der Waals surface area contributed by atoms with Gasteiger partial charge in [-0.3, -0.25) is 4.79 Å². The van der Waals surface area contributed by atoms with Crippen molar-refractivity contribution in [1.82, 2.24) is 5.43 Å². The zero-order valence-corrected chi connectivity index (χ0v) is 18.6. The molecule has 5 aromatic rings. The maximum Gasteiger partial charge on any atom is 0.307 e. The van der Waals surface area contributed by atoms with E-state index >= 15 is 0 Å². The van der Waals surface area contributed by atoms with E-state index in [9.17, 15) is 9.18 Å². The molecule has 0 aliphatic heterocycles. The Hall–Kier alpha value is -4.16. The number of furan rings is 1. The molecule has 0 bridgehead atoms. The molecule has 5 rings (SSSR count). The van der Waals surface area contributed by atoms with Gasteiger partial charge >= 0.3 is 5.91 Å². The summed E-state index contributed by atoms with van der Waals surface area (Å²) in [5, 5.41) is 7.29. The summed E-state index contributed by atoms with van der Waals surface area (Å²) in [5.41, 5.74) is 4.16. The largest absolute Gasteiger partial charge is 0.489 e. The lowest BCUT2D eigenvalue weighted by Gasteiger charge is -2.08. The first-order chi connectivity index (χ1) is 16.6. The minimum absolute atomic E-state index is 0.0157. The molecule has 1 aromatic heterocycles. The van der Waals surface area contributed by atoms with Crippen LogP contribution in [-0.4, -0.2) is 12.1 Å². The number of hydrogen-bond donors (Lipinski definition) is 1. The zero-order chi connectivity index (χ0) is 23.5. The highest BCUT2D eigenvalue weighted by Crippen LogP contribution is 2.28. The van der Waals surface area contributed by atoms with Gasteiger partial charge in [-0.1, -0.05) is 48.0 Å². The van der Waals surface area contributed by atoms with Crippen molar-refractivity contribution < 1.29 is 18.3 Å². The van der Waals surface area contributed by atoms with Crippen LogP contribution < -0.4 is 10.2 Å². The summed E-state index contributed by atoms with van der Waals surface area (Å²) in [6.45, 7) is 0.0157. The van der Waals surface area contributed by atoms with Gasteiger partial charge in [-0.2, -0.15) is 5.10 Å². The van der Waals surface area contributed by atoms with Crippen molar-refractivity contribution in [3.8, 4) is 5.75 Å². The average Bonchev–Trinajstić information content (AvgIpc) is 3.30. The van der Waals surface area contributed by atoms with Gasteiger partial charge < -0.3 is 9.15 Å². The van der Waals surface area contributed by atoms with Crippen LogP contribution in [0.1, 0.15) is 21.7 Å². The van der Waals surface area contributed by atoms with Crippen LogP contribution in [0.4, 0.5) is 4.39 Å². The molecule has 0 spiro atoms. The standard InChI is InChI=1S/C27H18ClFN2O3/c28-23-6-3-7-24(29)22(23)16-33-19-11-8-17(9-12-19)15-30-31-27(32)26-14-21-20-5-2-1-4-18(20)10-13-25(21)34-26/h1-15H,16H2,(H,31,32)/b30-15+. The lowest BCUT2D eigenvalue weighted by molar-refractivity contribution is 0.0929. The Morgan fingerprint density at radius 1 is 1.00 bits per heavy atom. The van der Waals surface area contributed by atoms with Gasteiger partial charge in [0.15, 0.2) is 5.76 Å². The van der Waals surface area contributed by atoms with Crippen LogP contribution in [-0.2, 0) is 6.61 Å². The van der Waals surface area contributed by atoms with E-state index in [-0.39, 0.29) is 12.4 Å². The molecule has 1 N–H and O–H groups in total. The van der Waals surface area contributed by atoms with Crippen molar-refractivity contribution in [2.75, 3.05) is 0 Å².